The molecule has 0 spiro atoms. The summed E-state index contributed by atoms with van der Waals surface area (Å²) < 4.78 is 5.16. The molecule has 6 nitrogen and oxygen atoms in total. The maximum atomic E-state index is 12.1. The lowest BCUT2D eigenvalue weighted by molar-refractivity contribution is 0.244. The molecule has 2 aromatic heterocycles. The Balaban J connectivity index is 1.65. The maximum Gasteiger partial charge on any atom is 0.319 e. The summed E-state index contributed by atoms with van der Waals surface area (Å²) in [7, 11) is 0. The Kier molecular flexibility index (Phi) is 4.19. The van der Waals surface area contributed by atoms with Crippen LogP contribution >= 0.6 is 11.3 Å². The summed E-state index contributed by atoms with van der Waals surface area (Å²) >= 11 is 1.47. The van der Waals surface area contributed by atoms with E-state index in [1.165, 1.54) is 30.6 Å². The fourth-order valence-corrected chi connectivity index (χ4v) is 3.32. The number of hydrogen-bond donors (Lipinski definition) is 2. The van der Waals surface area contributed by atoms with Crippen LogP contribution in [0.15, 0.2) is 16.0 Å². The normalized spacial score (nSPS) is 15.9. The van der Waals surface area contributed by atoms with Gasteiger partial charge >= 0.3 is 6.03 Å². The van der Waals surface area contributed by atoms with Gasteiger partial charge in [-0.05, 0) is 31.2 Å². The third kappa shape index (κ3) is 3.41. The van der Waals surface area contributed by atoms with E-state index >= 15 is 0 Å². The van der Waals surface area contributed by atoms with Gasteiger partial charge in [0, 0.05) is 6.04 Å². The first-order valence-corrected chi connectivity index (χ1v) is 8.06. The van der Waals surface area contributed by atoms with Crippen LogP contribution in [0.4, 0.5) is 10.5 Å². The SMILES string of the molecule is Cc1noc(-c2sccc2NC(=O)NC2CCCCC2)n1. The Bertz CT molecular complexity index is 616. The van der Waals surface area contributed by atoms with Crippen LogP contribution in [0.25, 0.3) is 10.8 Å². The van der Waals surface area contributed by atoms with Gasteiger partial charge in [0.15, 0.2) is 5.82 Å². The van der Waals surface area contributed by atoms with Crippen LogP contribution in [-0.4, -0.2) is 22.2 Å². The Hall–Kier alpha value is -1.89. The average Bonchev–Trinajstić information content (AvgIpc) is 3.08. The monoisotopic (exact) mass is 306 g/mol. The predicted molar refractivity (Wildman–Crippen MR) is 81.4 cm³/mol. The van der Waals surface area contributed by atoms with Crippen molar-refractivity contribution in [1.82, 2.24) is 15.5 Å². The van der Waals surface area contributed by atoms with Gasteiger partial charge in [0.05, 0.1) is 5.69 Å². The number of carbonyl (C=O) groups is 1. The van der Waals surface area contributed by atoms with E-state index in [9.17, 15) is 4.79 Å². The second kappa shape index (κ2) is 6.26. The number of anilines is 1. The minimum atomic E-state index is -0.169. The van der Waals surface area contributed by atoms with E-state index in [0.29, 0.717) is 17.4 Å². The molecule has 0 atom stereocenters. The summed E-state index contributed by atoms with van der Waals surface area (Å²) in [6, 6.07) is 1.96. The van der Waals surface area contributed by atoms with Gasteiger partial charge in [-0.2, -0.15) is 4.98 Å². The fourth-order valence-electron chi connectivity index (χ4n) is 2.55. The van der Waals surface area contributed by atoms with Crippen molar-refractivity contribution in [2.75, 3.05) is 5.32 Å². The summed E-state index contributed by atoms with van der Waals surface area (Å²) in [4.78, 5) is 17.1. The Morgan fingerprint density at radius 2 is 2.19 bits per heavy atom. The van der Waals surface area contributed by atoms with Crippen LogP contribution in [0.1, 0.15) is 37.9 Å². The van der Waals surface area contributed by atoms with Gasteiger partial charge in [0.1, 0.15) is 4.88 Å². The molecule has 0 aliphatic heterocycles. The number of aromatic nitrogens is 2. The molecule has 1 aliphatic rings. The number of rotatable bonds is 3. The predicted octanol–water partition coefficient (Wildman–Crippen LogP) is 3.56. The summed E-state index contributed by atoms with van der Waals surface area (Å²) in [5.74, 6) is 1.02. The molecule has 2 amide bonds. The second-order valence-corrected chi connectivity index (χ2v) is 6.16. The molecule has 0 unspecified atom stereocenters. The standard InChI is InChI=1S/C14H18N4O2S/c1-9-15-13(20-18-9)12-11(7-8-21-12)17-14(19)16-10-5-3-2-4-6-10/h7-8,10H,2-6H2,1H3,(H2,16,17,19). The number of nitrogens with one attached hydrogen (secondary N) is 2. The van der Waals surface area contributed by atoms with E-state index in [1.54, 1.807) is 6.92 Å². The zero-order valence-corrected chi connectivity index (χ0v) is 12.7. The molecule has 112 valence electrons. The van der Waals surface area contributed by atoms with Crippen molar-refractivity contribution in [2.45, 2.75) is 45.1 Å². The highest BCUT2D eigenvalue weighted by atomic mass is 32.1. The molecular formula is C14H18N4O2S. The maximum absolute atomic E-state index is 12.1. The van der Waals surface area contributed by atoms with Crippen LogP contribution in [0.3, 0.4) is 0 Å². The van der Waals surface area contributed by atoms with Crippen molar-refractivity contribution in [3.8, 4) is 10.8 Å². The van der Waals surface area contributed by atoms with E-state index in [-0.39, 0.29) is 12.1 Å². The summed E-state index contributed by atoms with van der Waals surface area (Å²) in [5.41, 5.74) is 0.706. The Morgan fingerprint density at radius 1 is 1.38 bits per heavy atom. The molecule has 2 aromatic rings. The first-order valence-electron chi connectivity index (χ1n) is 7.18. The third-order valence-corrected chi connectivity index (χ3v) is 4.48. The van der Waals surface area contributed by atoms with Gasteiger partial charge in [-0.15, -0.1) is 11.3 Å². The highest BCUT2D eigenvalue weighted by molar-refractivity contribution is 7.14. The Labute approximate surface area is 126 Å². The van der Waals surface area contributed by atoms with Crippen molar-refractivity contribution in [1.29, 1.82) is 0 Å². The van der Waals surface area contributed by atoms with Crippen LogP contribution < -0.4 is 10.6 Å². The molecule has 1 fully saturated rings. The van der Waals surface area contributed by atoms with Crippen molar-refractivity contribution in [3.63, 3.8) is 0 Å². The zero-order chi connectivity index (χ0) is 14.7. The number of amides is 2. The zero-order valence-electron chi connectivity index (χ0n) is 11.9. The van der Waals surface area contributed by atoms with E-state index in [2.05, 4.69) is 20.8 Å². The molecule has 0 aromatic carbocycles. The molecule has 0 radical (unpaired) electrons. The van der Waals surface area contributed by atoms with Crippen LogP contribution in [-0.2, 0) is 0 Å². The second-order valence-electron chi connectivity index (χ2n) is 5.24. The molecule has 2 N–H and O–H groups in total. The lowest BCUT2D eigenvalue weighted by atomic mass is 9.96. The van der Waals surface area contributed by atoms with Crippen molar-refractivity contribution < 1.29 is 9.32 Å². The van der Waals surface area contributed by atoms with Gasteiger partial charge in [0.2, 0.25) is 0 Å². The first kappa shape index (κ1) is 14.1. The molecular weight excluding hydrogens is 288 g/mol. The number of thiophene rings is 1. The number of urea groups is 1. The quantitative estimate of drug-likeness (QED) is 0.908. The number of carbonyl (C=O) groups excluding carboxylic acids is 1. The highest BCUT2D eigenvalue weighted by Gasteiger charge is 2.18. The van der Waals surface area contributed by atoms with Crippen molar-refractivity contribution in [3.05, 3.63) is 17.3 Å². The molecule has 21 heavy (non-hydrogen) atoms. The smallest absolute Gasteiger partial charge is 0.319 e. The van der Waals surface area contributed by atoms with E-state index in [4.69, 9.17) is 4.52 Å². The molecule has 3 rings (SSSR count). The highest BCUT2D eigenvalue weighted by Crippen LogP contribution is 2.32. The largest absolute Gasteiger partial charge is 0.335 e. The van der Waals surface area contributed by atoms with Crippen LogP contribution in [0, 0.1) is 6.92 Å². The third-order valence-electron chi connectivity index (χ3n) is 3.58. The van der Waals surface area contributed by atoms with Gasteiger partial charge in [-0.3, -0.25) is 0 Å². The number of nitrogens with zero attached hydrogens (tertiary/aromatic N) is 2. The van der Waals surface area contributed by atoms with Crippen LogP contribution in [0.5, 0.6) is 0 Å². The first-order chi connectivity index (χ1) is 10.2. The van der Waals surface area contributed by atoms with E-state index in [0.717, 1.165) is 17.7 Å². The van der Waals surface area contributed by atoms with Gasteiger partial charge < -0.3 is 15.2 Å². The molecule has 0 bridgehead atoms. The van der Waals surface area contributed by atoms with Crippen molar-refractivity contribution >= 4 is 23.1 Å². The lowest BCUT2D eigenvalue weighted by Crippen LogP contribution is -2.39. The fraction of sp³-hybridized carbons (Fsp3) is 0.500. The summed E-state index contributed by atoms with van der Waals surface area (Å²) in [6.07, 6.45) is 5.77. The molecule has 2 heterocycles. The van der Waals surface area contributed by atoms with Gasteiger partial charge in [-0.25, -0.2) is 4.79 Å². The minimum absolute atomic E-state index is 0.169. The molecule has 7 heteroatoms. The summed E-state index contributed by atoms with van der Waals surface area (Å²) in [6.45, 7) is 1.77. The van der Waals surface area contributed by atoms with E-state index in [1.807, 2.05) is 11.4 Å². The Morgan fingerprint density at radius 3 is 2.90 bits per heavy atom. The van der Waals surface area contributed by atoms with Gasteiger partial charge in [-0.1, -0.05) is 24.4 Å². The molecule has 1 aliphatic carbocycles. The number of aryl methyl sites for hydroxylation is 1. The molecule has 1 saturated carbocycles. The minimum Gasteiger partial charge on any atom is -0.335 e. The summed E-state index contributed by atoms with van der Waals surface area (Å²) in [5, 5.41) is 11.6. The van der Waals surface area contributed by atoms with Crippen LogP contribution in [0.2, 0.25) is 0 Å². The lowest BCUT2D eigenvalue weighted by Gasteiger charge is -2.22. The molecule has 0 saturated heterocycles. The number of hydrogen-bond acceptors (Lipinski definition) is 5. The average molecular weight is 306 g/mol. The van der Waals surface area contributed by atoms with Gasteiger partial charge in [0.25, 0.3) is 5.89 Å². The van der Waals surface area contributed by atoms with Crippen molar-refractivity contribution in [2.24, 2.45) is 0 Å². The topological polar surface area (TPSA) is 80.0 Å². The van der Waals surface area contributed by atoms with E-state index < -0.39 is 0 Å².